The molecule has 0 aliphatic heterocycles. The molecule has 0 bridgehead atoms. The Hall–Kier alpha value is -1.96. The van der Waals surface area contributed by atoms with Gasteiger partial charge < -0.3 is 9.88 Å². The molecule has 0 spiro atoms. The van der Waals surface area contributed by atoms with Crippen LogP contribution >= 0.6 is 35.1 Å². The Morgan fingerprint density at radius 2 is 1.81 bits per heavy atom. The Balaban J connectivity index is 1.60. The first-order valence-electron chi connectivity index (χ1n) is 7.79. The van der Waals surface area contributed by atoms with Gasteiger partial charge in [0.15, 0.2) is 11.0 Å². The maximum atomic E-state index is 12.2. The van der Waals surface area contributed by atoms with Crippen LogP contribution in [0, 0.1) is 0 Å². The van der Waals surface area contributed by atoms with Gasteiger partial charge in [-0.05, 0) is 54.8 Å². The van der Waals surface area contributed by atoms with Crippen LogP contribution in [0.5, 0.6) is 0 Å². The first kappa shape index (κ1) is 18.8. The minimum atomic E-state index is -0.0806. The third-order valence-corrected chi connectivity index (χ3v) is 5.66. The van der Waals surface area contributed by atoms with Crippen molar-refractivity contribution >= 4 is 46.7 Å². The van der Waals surface area contributed by atoms with Gasteiger partial charge in [0, 0.05) is 28.2 Å². The van der Waals surface area contributed by atoms with Crippen molar-refractivity contribution in [1.82, 2.24) is 14.8 Å². The molecular weight excluding hydrogens is 388 g/mol. The molecule has 1 amide bonds. The van der Waals surface area contributed by atoms with Crippen molar-refractivity contribution in [3.05, 3.63) is 53.6 Å². The van der Waals surface area contributed by atoms with Crippen molar-refractivity contribution in [2.45, 2.75) is 10.1 Å². The quantitative estimate of drug-likeness (QED) is 0.609. The molecule has 0 fully saturated rings. The van der Waals surface area contributed by atoms with Crippen LogP contribution in [0.2, 0.25) is 5.02 Å². The number of nitrogens with zero attached hydrogens (tertiary/aromatic N) is 3. The van der Waals surface area contributed by atoms with E-state index in [1.807, 2.05) is 66.4 Å². The van der Waals surface area contributed by atoms with Crippen LogP contribution in [-0.2, 0) is 11.8 Å². The molecule has 3 rings (SSSR count). The normalized spacial score (nSPS) is 10.7. The van der Waals surface area contributed by atoms with Crippen LogP contribution in [0.25, 0.3) is 11.4 Å². The van der Waals surface area contributed by atoms with E-state index in [-0.39, 0.29) is 11.7 Å². The molecule has 0 saturated heterocycles. The first-order valence-corrected chi connectivity index (χ1v) is 10.4. The van der Waals surface area contributed by atoms with Crippen molar-refractivity contribution in [2.24, 2.45) is 7.05 Å². The van der Waals surface area contributed by atoms with Crippen LogP contribution in [0.3, 0.4) is 0 Å². The van der Waals surface area contributed by atoms with Crippen LogP contribution in [0.15, 0.2) is 58.6 Å². The number of hydrogen-bond acceptors (Lipinski definition) is 5. The SMILES string of the molecule is CSc1ccc(NC(=O)CSc2nnc(-c3ccc(Cl)cc3)n2C)cc1. The lowest BCUT2D eigenvalue weighted by Crippen LogP contribution is -2.14. The van der Waals surface area contributed by atoms with Gasteiger partial charge in [-0.1, -0.05) is 23.4 Å². The molecule has 0 unspecified atom stereocenters. The number of aromatic nitrogens is 3. The predicted octanol–water partition coefficient (Wildman–Crippen LogP) is 4.59. The molecule has 0 saturated carbocycles. The molecule has 5 nitrogen and oxygen atoms in total. The highest BCUT2D eigenvalue weighted by atomic mass is 35.5. The third kappa shape index (κ3) is 4.60. The monoisotopic (exact) mass is 404 g/mol. The summed E-state index contributed by atoms with van der Waals surface area (Å²) in [5, 5.41) is 12.6. The average Bonchev–Trinajstić information content (AvgIpc) is 3.02. The standard InChI is InChI=1S/C18H17ClN4OS2/c1-23-17(12-3-5-13(19)6-4-12)21-22-18(23)26-11-16(24)20-14-7-9-15(25-2)10-8-14/h3-10H,11H2,1-2H3,(H,20,24). The highest BCUT2D eigenvalue weighted by molar-refractivity contribution is 7.99. The highest BCUT2D eigenvalue weighted by Crippen LogP contribution is 2.24. The molecule has 0 aliphatic rings. The van der Waals surface area contributed by atoms with E-state index in [1.165, 1.54) is 11.8 Å². The Morgan fingerprint density at radius 3 is 2.46 bits per heavy atom. The second kappa shape index (κ2) is 8.62. The summed E-state index contributed by atoms with van der Waals surface area (Å²) in [7, 11) is 1.88. The molecule has 0 atom stereocenters. The van der Waals surface area contributed by atoms with E-state index >= 15 is 0 Å². The van der Waals surface area contributed by atoms with Crippen molar-refractivity contribution in [1.29, 1.82) is 0 Å². The number of hydrogen-bond donors (Lipinski definition) is 1. The summed E-state index contributed by atoms with van der Waals surface area (Å²) in [5.41, 5.74) is 1.71. The fourth-order valence-electron chi connectivity index (χ4n) is 2.29. The molecule has 1 heterocycles. The largest absolute Gasteiger partial charge is 0.325 e. The van der Waals surface area contributed by atoms with Crippen LogP contribution in [0.4, 0.5) is 5.69 Å². The molecular formula is C18H17ClN4OS2. The van der Waals surface area contributed by atoms with Crippen LogP contribution in [0.1, 0.15) is 0 Å². The lowest BCUT2D eigenvalue weighted by Gasteiger charge is -2.06. The maximum absolute atomic E-state index is 12.2. The molecule has 26 heavy (non-hydrogen) atoms. The molecule has 1 N–H and O–H groups in total. The van der Waals surface area contributed by atoms with Crippen molar-refractivity contribution in [3.63, 3.8) is 0 Å². The fraction of sp³-hybridized carbons (Fsp3) is 0.167. The van der Waals surface area contributed by atoms with E-state index in [0.29, 0.717) is 10.2 Å². The lowest BCUT2D eigenvalue weighted by molar-refractivity contribution is -0.113. The average molecular weight is 405 g/mol. The summed E-state index contributed by atoms with van der Waals surface area (Å²) in [6.45, 7) is 0. The fourth-order valence-corrected chi connectivity index (χ4v) is 3.54. The summed E-state index contributed by atoms with van der Waals surface area (Å²) in [4.78, 5) is 13.3. The lowest BCUT2D eigenvalue weighted by atomic mass is 10.2. The second-order valence-corrected chi connectivity index (χ2v) is 7.70. The number of anilines is 1. The van der Waals surface area contributed by atoms with E-state index in [2.05, 4.69) is 15.5 Å². The summed E-state index contributed by atoms with van der Waals surface area (Å²) in [6.07, 6.45) is 2.02. The van der Waals surface area contributed by atoms with Crippen molar-refractivity contribution in [2.75, 3.05) is 17.3 Å². The third-order valence-electron chi connectivity index (χ3n) is 3.64. The van der Waals surface area contributed by atoms with E-state index in [1.54, 1.807) is 11.8 Å². The number of nitrogens with one attached hydrogen (secondary N) is 1. The van der Waals surface area contributed by atoms with Gasteiger partial charge in [0.1, 0.15) is 0 Å². The topological polar surface area (TPSA) is 59.8 Å². The number of carbonyl (C=O) groups excluding carboxylic acids is 1. The number of benzene rings is 2. The molecule has 1 aromatic heterocycles. The molecule has 3 aromatic rings. The van der Waals surface area contributed by atoms with Gasteiger partial charge in [-0.15, -0.1) is 22.0 Å². The van der Waals surface area contributed by atoms with Gasteiger partial charge in [0.2, 0.25) is 5.91 Å². The van der Waals surface area contributed by atoms with Gasteiger partial charge in [-0.25, -0.2) is 0 Å². The van der Waals surface area contributed by atoms with E-state index < -0.39 is 0 Å². The Kier molecular flexibility index (Phi) is 6.24. The second-order valence-electron chi connectivity index (χ2n) is 5.44. The minimum absolute atomic E-state index is 0.0806. The molecule has 0 aliphatic carbocycles. The summed E-state index contributed by atoms with van der Waals surface area (Å²) < 4.78 is 1.87. The number of rotatable bonds is 6. The van der Waals surface area contributed by atoms with Crippen molar-refractivity contribution < 1.29 is 4.79 Å². The zero-order valence-electron chi connectivity index (χ0n) is 14.3. The van der Waals surface area contributed by atoms with Gasteiger partial charge in [-0.3, -0.25) is 4.79 Å². The van der Waals surface area contributed by atoms with Crippen molar-refractivity contribution in [3.8, 4) is 11.4 Å². The van der Waals surface area contributed by atoms with Crippen LogP contribution < -0.4 is 5.32 Å². The zero-order chi connectivity index (χ0) is 18.5. The molecule has 0 radical (unpaired) electrons. The predicted molar refractivity (Wildman–Crippen MR) is 109 cm³/mol. The molecule has 2 aromatic carbocycles. The zero-order valence-corrected chi connectivity index (χ0v) is 16.7. The smallest absolute Gasteiger partial charge is 0.234 e. The number of carbonyl (C=O) groups is 1. The Labute approximate surface area is 165 Å². The van der Waals surface area contributed by atoms with E-state index in [4.69, 9.17) is 11.6 Å². The Bertz CT molecular complexity index is 895. The van der Waals surface area contributed by atoms with Gasteiger partial charge in [0.05, 0.1) is 5.75 Å². The Morgan fingerprint density at radius 1 is 1.12 bits per heavy atom. The van der Waals surface area contributed by atoms with Gasteiger partial charge >= 0.3 is 0 Å². The number of amides is 1. The van der Waals surface area contributed by atoms with E-state index in [0.717, 1.165) is 22.0 Å². The maximum Gasteiger partial charge on any atom is 0.234 e. The summed E-state index contributed by atoms with van der Waals surface area (Å²) >= 11 is 8.93. The van der Waals surface area contributed by atoms with Crippen LogP contribution in [-0.4, -0.2) is 32.7 Å². The summed E-state index contributed by atoms with van der Waals surface area (Å²) in [6, 6.07) is 15.2. The summed E-state index contributed by atoms with van der Waals surface area (Å²) in [5.74, 6) is 0.914. The van der Waals surface area contributed by atoms with E-state index in [9.17, 15) is 4.79 Å². The first-order chi connectivity index (χ1) is 12.6. The number of thioether (sulfide) groups is 2. The minimum Gasteiger partial charge on any atom is -0.325 e. The highest BCUT2D eigenvalue weighted by Gasteiger charge is 2.13. The molecule has 134 valence electrons. The van der Waals surface area contributed by atoms with Gasteiger partial charge in [-0.2, -0.15) is 0 Å². The number of halogens is 1. The van der Waals surface area contributed by atoms with Gasteiger partial charge in [0.25, 0.3) is 0 Å². The molecule has 8 heteroatoms.